The molecule has 0 radical (unpaired) electrons. The van der Waals surface area contributed by atoms with Gasteiger partial charge in [-0.3, -0.25) is 4.79 Å². The summed E-state index contributed by atoms with van der Waals surface area (Å²) in [6.07, 6.45) is 0. The summed E-state index contributed by atoms with van der Waals surface area (Å²) in [6, 6.07) is 13.2. The summed E-state index contributed by atoms with van der Waals surface area (Å²) in [4.78, 5) is 12.3. The predicted octanol–water partition coefficient (Wildman–Crippen LogP) is 3.47. The lowest BCUT2D eigenvalue weighted by Gasteiger charge is -2.11. The fourth-order valence-corrected chi connectivity index (χ4v) is 2.21. The molecule has 0 spiro atoms. The van der Waals surface area contributed by atoms with Crippen LogP contribution in [0.1, 0.15) is 21.5 Å². The van der Waals surface area contributed by atoms with Crippen LogP contribution in [-0.4, -0.2) is 5.91 Å². The third-order valence-electron chi connectivity index (χ3n) is 2.93. The second-order valence-corrected chi connectivity index (χ2v) is 5.19. The molecule has 2 rings (SSSR count). The van der Waals surface area contributed by atoms with E-state index in [9.17, 15) is 4.79 Å². The van der Waals surface area contributed by atoms with Crippen molar-refractivity contribution >= 4 is 27.5 Å². The SMILES string of the molecule is Cc1ccc(Br)cc1C(=O)Nc1ccccc1CN. The van der Waals surface area contributed by atoms with Gasteiger partial charge in [0.15, 0.2) is 0 Å². The Balaban J connectivity index is 2.28. The summed E-state index contributed by atoms with van der Waals surface area (Å²) in [5.74, 6) is -0.125. The van der Waals surface area contributed by atoms with Crippen molar-refractivity contribution in [2.45, 2.75) is 13.5 Å². The number of carbonyl (C=O) groups excluding carboxylic acids is 1. The van der Waals surface area contributed by atoms with E-state index in [-0.39, 0.29) is 5.91 Å². The molecule has 2 aromatic carbocycles. The maximum Gasteiger partial charge on any atom is 0.255 e. The van der Waals surface area contributed by atoms with Crippen LogP contribution in [0.5, 0.6) is 0 Å². The average Bonchev–Trinajstić information content (AvgIpc) is 2.42. The lowest BCUT2D eigenvalue weighted by molar-refractivity contribution is 0.102. The molecule has 0 aromatic heterocycles. The van der Waals surface area contributed by atoms with Gasteiger partial charge in [-0.25, -0.2) is 0 Å². The van der Waals surface area contributed by atoms with Crippen molar-refractivity contribution < 1.29 is 4.79 Å². The number of benzene rings is 2. The molecule has 3 N–H and O–H groups in total. The van der Waals surface area contributed by atoms with E-state index in [1.807, 2.05) is 49.4 Å². The first-order valence-corrected chi connectivity index (χ1v) is 6.76. The van der Waals surface area contributed by atoms with E-state index in [1.54, 1.807) is 0 Å². The Bertz CT molecular complexity index is 611. The lowest BCUT2D eigenvalue weighted by Crippen LogP contribution is -2.15. The third kappa shape index (κ3) is 3.22. The molecule has 98 valence electrons. The van der Waals surface area contributed by atoms with Gasteiger partial charge in [0, 0.05) is 22.3 Å². The van der Waals surface area contributed by atoms with Gasteiger partial charge in [0.1, 0.15) is 0 Å². The molecular weight excluding hydrogens is 304 g/mol. The Hall–Kier alpha value is -1.65. The number of aryl methyl sites for hydroxylation is 1. The minimum atomic E-state index is -0.125. The molecule has 3 nitrogen and oxygen atoms in total. The van der Waals surface area contributed by atoms with Crippen LogP contribution in [-0.2, 0) is 6.54 Å². The van der Waals surface area contributed by atoms with Crippen molar-refractivity contribution in [2.75, 3.05) is 5.32 Å². The summed E-state index contributed by atoms with van der Waals surface area (Å²) in [6.45, 7) is 2.31. The largest absolute Gasteiger partial charge is 0.326 e. The van der Waals surface area contributed by atoms with Crippen molar-refractivity contribution in [3.05, 3.63) is 63.6 Å². The third-order valence-corrected chi connectivity index (χ3v) is 3.42. The molecule has 0 saturated carbocycles. The van der Waals surface area contributed by atoms with E-state index in [2.05, 4.69) is 21.2 Å². The molecule has 4 heteroatoms. The molecule has 0 heterocycles. The van der Waals surface area contributed by atoms with E-state index in [0.717, 1.165) is 21.3 Å². The van der Waals surface area contributed by atoms with Crippen LogP contribution in [0.4, 0.5) is 5.69 Å². The van der Waals surface area contributed by atoms with E-state index < -0.39 is 0 Å². The number of nitrogens with two attached hydrogens (primary N) is 1. The quantitative estimate of drug-likeness (QED) is 0.910. The summed E-state index contributed by atoms with van der Waals surface area (Å²) in [5.41, 5.74) is 8.93. The van der Waals surface area contributed by atoms with Gasteiger partial charge in [0.2, 0.25) is 0 Å². The highest BCUT2D eigenvalue weighted by Crippen LogP contribution is 2.19. The van der Waals surface area contributed by atoms with Crippen molar-refractivity contribution in [1.29, 1.82) is 0 Å². The molecule has 0 unspecified atom stereocenters. The fourth-order valence-electron chi connectivity index (χ4n) is 1.85. The molecule has 2 aromatic rings. The molecular formula is C15H15BrN2O. The molecule has 0 aliphatic rings. The van der Waals surface area contributed by atoms with Gasteiger partial charge >= 0.3 is 0 Å². The lowest BCUT2D eigenvalue weighted by atomic mass is 10.1. The fraction of sp³-hybridized carbons (Fsp3) is 0.133. The molecule has 0 bridgehead atoms. The summed E-state index contributed by atoms with van der Waals surface area (Å²) >= 11 is 3.38. The Morgan fingerprint density at radius 1 is 1.26 bits per heavy atom. The number of halogens is 1. The maximum atomic E-state index is 12.3. The van der Waals surface area contributed by atoms with Gasteiger partial charge in [-0.2, -0.15) is 0 Å². The zero-order valence-corrected chi connectivity index (χ0v) is 12.2. The number of rotatable bonds is 3. The zero-order valence-electron chi connectivity index (χ0n) is 10.6. The van der Waals surface area contributed by atoms with Crippen molar-refractivity contribution in [3.63, 3.8) is 0 Å². The monoisotopic (exact) mass is 318 g/mol. The topological polar surface area (TPSA) is 55.1 Å². The maximum absolute atomic E-state index is 12.3. The van der Waals surface area contributed by atoms with Gasteiger partial charge in [0.25, 0.3) is 5.91 Å². The first kappa shape index (κ1) is 13.8. The summed E-state index contributed by atoms with van der Waals surface area (Å²) in [7, 11) is 0. The Labute approximate surface area is 121 Å². The van der Waals surface area contributed by atoms with Crippen molar-refractivity contribution in [3.8, 4) is 0 Å². The van der Waals surface area contributed by atoms with Crippen LogP contribution in [0, 0.1) is 6.92 Å². The molecule has 1 amide bonds. The van der Waals surface area contributed by atoms with Crippen LogP contribution in [0.2, 0.25) is 0 Å². The number of amides is 1. The highest BCUT2D eigenvalue weighted by Gasteiger charge is 2.11. The first-order chi connectivity index (χ1) is 9.11. The molecule has 0 aliphatic heterocycles. The van der Waals surface area contributed by atoms with Crippen LogP contribution >= 0.6 is 15.9 Å². The minimum Gasteiger partial charge on any atom is -0.326 e. The number of nitrogens with one attached hydrogen (secondary N) is 1. The van der Waals surface area contributed by atoms with E-state index >= 15 is 0 Å². The normalized spacial score (nSPS) is 10.3. The van der Waals surface area contributed by atoms with E-state index in [0.29, 0.717) is 12.1 Å². The number of hydrogen-bond donors (Lipinski definition) is 2. The second-order valence-electron chi connectivity index (χ2n) is 4.27. The highest BCUT2D eigenvalue weighted by molar-refractivity contribution is 9.10. The molecule has 0 saturated heterocycles. The van der Waals surface area contributed by atoms with Gasteiger partial charge in [-0.15, -0.1) is 0 Å². The van der Waals surface area contributed by atoms with Gasteiger partial charge in [0.05, 0.1) is 0 Å². The number of hydrogen-bond acceptors (Lipinski definition) is 2. The Morgan fingerprint density at radius 3 is 2.74 bits per heavy atom. The van der Waals surface area contributed by atoms with Crippen LogP contribution in [0.15, 0.2) is 46.9 Å². The summed E-state index contributed by atoms with van der Waals surface area (Å²) < 4.78 is 0.885. The molecule has 19 heavy (non-hydrogen) atoms. The standard InChI is InChI=1S/C15H15BrN2O/c1-10-6-7-12(16)8-13(10)15(19)18-14-5-3-2-4-11(14)9-17/h2-8H,9,17H2,1H3,(H,18,19). The Kier molecular flexibility index (Phi) is 4.35. The van der Waals surface area contributed by atoms with E-state index in [4.69, 9.17) is 5.73 Å². The molecule has 0 fully saturated rings. The van der Waals surface area contributed by atoms with Gasteiger partial charge in [-0.05, 0) is 36.2 Å². The number of para-hydroxylation sites is 1. The zero-order chi connectivity index (χ0) is 13.8. The number of carbonyl (C=O) groups is 1. The highest BCUT2D eigenvalue weighted by atomic mass is 79.9. The van der Waals surface area contributed by atoms with Crippen LogP contribution in [0.25, 0.3) is 0 Å². The van der Waals surface area contributed by atoms with Crippen molar-refractivity contribution in [2.24, 2.45) is 5.73 Å². The smallest absolute Gasteiger partial charge is 0.255 e. The van der Waals surface area contributed by atoms with Gasteiger partial charge < -0.3 is 11.1 Å². The number of anilines is 1. The van der Waals surface area contributed by atoms with Crippen LogP contribution in [0.3, 0.4) is 0 Å². The summed E-state index contributed by atoms with van der Waals surface area (Å²) in [5, 5.41) is 2.91. The molecule has 0 atom stereocenters. The average molecular weight is 319 g/mol. The van der Waals surface area contributed by atoms with E-state index in [1.165, 1.54) is 0 Å². The van der Waals surface area contributed by atoms with Gasteiger partial charge in [-0.1, -0.05) is 40.2 Å². The Morgan fingerprint density at radius 2 is 2.00 bits per heavy atom. The first-order valence-electron chi connectivity index (χ1n) is 5.97. The van der Waals surface area contributed by atoms with Crippen molar-refractivity contribution in [1.82, 2.24) is 0 Å². The minimum absolute atomic E-state index is 0.125. The predicted molar refractivity (Wildman–Crippen MR) is 81.2 cm³/mol. The second kappa shape index (κ2) is 5.99. The van der Waals surface area contributed by atoms with Crippen LogP contribution < -0.4 is 11.1 Å². The molecule has 0 aliphatic carbocycles.